The highest BCUT2D eigenvalue weighted by molar-refractivity contribution is 4.84. The van der Waals surface area contributed by atoms with Gasteiger partial charge >= 0.3 is 0 Å². The lowest BCUT2D eigenvalue weighted by molar-refractivity contribution is -0.0500. The van der Waals surface area contributed by atoms with Crippen LogP contribution in [0.15, 0.2) is 0 Å². The molecule has 0 spiro atoms. The molecule has 1 aliphatic rings. The Balaban J connectivity index is 2.50. The molecule has 0 aromatic carbocycles. The fraction of sp³-hybridized carbons (Fsp3) is 1.00. The molecule has 78 valence electrons. The van der Waals surface area contributed by atoms with Gasteiger partial charge in [0.2, 0.25) is 0 Å². The Morgan fingerprint density at radius 3 is 2.92 bits per heavy atom. The van der Waals surface area contributed by atoms with E-state index in [1.54, 1.807) is 0 Å². The second-order valence-corrected chi connectivity index (χ2v) is 3.61. The fourth-order valence-electron chi connectivity index (χ4n) is 1.98. The van der Waals surface area contributed by atoms with Gasteiger partial charge in [0, 0.05) is 32.8 Å². The Labute approximate surface area is 80.8 Å². The maximum atomic E-state index is 5.85. The van der Waals surface area contributed by atoms with Crippen LogP contribution in [-0.4, -0.2) is 39.0 Å². The third-order valence-corrected chi connectivity index (χ3v) is 2.57. The van der Waals surface area contributed by atoms with E-state index >= 15 is 0 Å². The van der Waals surface area contributed by atoms with Crippen LogP contribution in [0.25, 0.3) is 0 Å². The Kier molecular flexibility index (Phi) is 4.70. The van der Waals surface area contributed by atoms with Crippen molar-refractivity contribution in [2.45, 2.75) is 31.8 Å². The highest BCUT2D eigenvalue weighted by atomic mass is 16.5. The highest BCUT2D eigenvalue weighted by Gasteiger charge is 2.30. The Morgan fingerprint density at radius 1 is 1.38 bits per heavy atom. The van der Waals surface area contributed by atoms with E-state index in [4.69, 9.17) is 9.47 Å². The summed E-state index contributed by atoms with van der Waals surface area (Å²) in [6.07, 6.45) is 3.24. The summed E-state index contributed by atoms with van der Waals surface area (Å²) in [5.41, 5.74) is 0.0278. The van der Waals surface area contributed by atoms with Crippen molar-refractivity contribution >= 4 is 0 Å². The minimum atomic E-state index is 0.0278. The minimum absolute atomic E-state index is 0.0278. The molecule has 1 unspecified atom stereocenters. The van der Waals surface area contributed by atoms with Crippen LogP contribution in [0.3, 0.4) is 0 Å². The van der Waals surface area contributed by atoms with Crippen molar-refractivity contribution in [3.63, 3.8) is 0 Å². The van der Waals surface area contributed by atoms with Crippen LogP contribution >= 0.6 is 0 Å². The number of hydrogen-bond donors (Lipinski definition) is 1. The molecule has 0 bridgehead atoms. The molecule has 0 aromatic heterocycles. The molecule has 1 atom stereocenters. The second-order valence-electron chi connectivity index (χ2n) is 3.61. The van der Waals surface area contributed by atoms with Gasteiger partial charge in [-0.15, -0.1) is 0 Å². The first kappa shape index (κ1) is 11.0. The molecule has 1 aliphatic heterocycles. The van der Waals surface area contributed by atoms with Gasteiger partial charge in [0.15, 0.2) is 0 Å². The average molecular weight is 187 g/mol. The summed E-state index contributed by atoms with van der Waals surface area (Å²) in [4.78, 5) is 0. The number of hydrogen-bond acceptors (Lipinski definition) is 3. The summed E-state index contributed by atoms with van der Waals surface area (Å²) < 4.78 is 11.3. The molecule has 1 saturated heterocycles. The molecule has 13 heavy (non-hydrogen) atoms. The number of nitrogens with one attached hydrogen (secondary N) is 1. The van der Waals surface area contributed by atoms with E-state index in [9.17, 15) is 0 Å². The Bertz CT molecular complexity index is 123. The number of rotatable bonds is 4. The quantitative estimate of drug-likeness (QED) is 0.717. The smallest absolute Gasteiger partial charge is 0.0828 e. The molecule has 3 heteroatoms. The van der Waals surface area contributed by atoms with Gasteiger partial charge in [0.25, 0.3) is 0 Å². The molecule has 1 N–H and O–H groups in total. The molecule has 0 amide bonds. The summed E-state index contributed by atoms with van der Waals surface area (Å²) in [5.74, 6) is 0. The van der Waals surface area contributed by atoms with Crippen LogP contribution in [0, 0.1) is 0 Å². The predicted molar refractivity (Wildman–Crippen MR) is 53.0 cm³/mol. The second kappa shape index (κ2) is 5.58. The molecule has 0 radical (unpaired) electrons. The average Bonchev–Trinajstić information content (AvgIpc) is 2.32. The Morgan fingerprint density at radius 2 is 2.23 bits per heavy atom. The largest absolute Gasteiger partial charge is 0.381 e. The molecule has 0 aromatic rings. The number of ether oxygens (including phenoxy) is 2. The maximum Gasteiger partial charge on any atom is 0.0828 e. The summed E-state index contributed by atoms with van der Waals surface area (Å²) in [5, 5.41) is 3.21. The maximum absolute atomic E-state index is 5.85. The molecular weight excluding hydrogens is 166 g/mol. The first-order valence-electron chi connectivity index (χ1n) is 5.19. The van der Waals surface area contributed by atoms with Crippen molar-refractivity contribution in [1.82, 2.24) is 5.32 Å². The lowest BCUT2D eigenvalue weighted by Crippen LogP contribution is -2.42. The van der Waals surface area contributed by atoms with Gasteiger partial charge in [-0.1, -0.05) is 0 Å². The van der Waals surface area contributed by atoms with E-state index in [1.165, 1.54) is 0 Å². The zero-order valence-corrected chi connectivity index (χ0v) is 8.77. The standard InChI is InChI=1S/C10H21NO2/c1-3-13-10(9-11-2)5-4-7-12-8-6-10/h11H,3-9H2,1-2H3. The topological polar surface area (TPSA) is 30.5 Å². The van der Waals surface area contributed by atoms with E-state index in [1.807, 2.05) is 7.05 Å². The lowest BCUT2D eigenvalue weighted by atomic mass is 9.94. The molecule has 1 heterocycles. The van der Waals surface area contributed by atoms with E-state index in [-0.39, 0.29) is 5.60 Å². The van der Waals surface area contributed by atoms with Gasteiger partial charge in [-0.05, 0) is 26.8 Å². The lowest BCUT2D eigenvalue weighted by Gasteiger charge is -2.31. The summed E-state index contributed by atoms with van der Waals surface area (Å²) in [6.45, 7) is 5.51. The third kappa shape index (κ3) is 3.25. The van der Waals surface area contributed by atoms with Crippen molar-refractivity contribution in [2.24, 2.45) is 0 Å². The monoisotopic (exact) mass is 187 g/mol. The van der Waals surface area contributed by atoms with Gasteiger partial charge in [-0.2, -0.15) is 0 Å². The van der Waals surface area contributed by atoms with Crippen molar-refractivity contribution in [3.8, 4) is 0 Å². The molecule has 0 saturated carbocycles. The van der Waals surface area contributed by atoms with Crippen molar-refractivity contribution in [1.29, 1.82) is 0 Å². The zero-order chi connectivity index (χ0) is 9.57. The summed E-state index contributed by atoms with van der Waals surface area (Å²) in [7, 11) is 1.98. The van der Waals surface area contributed by atoms with E-state index in [0.717, 1.165) is 45.6 Å². The zero-order valence-electron chi connectivity index (χ0n) is 8.77. The van der Waals surface area contributed by atoms with Gasteiger partial charge in [0.1, 0.15) is 0 Å². The molecular formula is C10H21NO2. The molecule has 3 nitrogen and oxygen atoms in total. The van der Waals surface area contributed by atoms with E-state index in [2.05, 4.69) is 12.2 Å². The summed E-state index contributed by atoms with van der Waals surface area (Å²) >= 11 is 0. The predicted octanol–water partition coefficient (Wildman–Crippen LogP) is 1.18. The van der Waals surface area contributed by atoms with Crippen LogP contribution in [0.5, 0.6) is 0 Å². The molecule has 0 aliphatic carbocycles. The van der Waals surface area contributed by atoms with Crippen molar-refractivity contribution in [3.05, 3.63) is 0 Å². The molecule has 1 fully saturated rings. The summed E-state index contributed by atoms with van der Waals surface area (Å²) in [6, 6.07) is 0. The Hall–Kier alpha value is -0.120. The fourth-order valence-corrected chi connectivity index (χ4v) is 1.98. The highest BCUT2D eigenvalue weighted by Crippen LogP contribution is 2.24. The first-order valence-corrected chi connectivity index (χ1v) is 5.19. The first-order chi connectivity index (χ1) is 6.33. The van der Waals surface area contributed by atoms with Crippen LogP contribution in [-0.2, 0) is 9.47 Å². The van der Waals surface area contributed by atoms with Crippen LogP contribution in [0.2, 0.25) is 0 Å². The van der Waals surface area contributed by atoms with Gasteiger partial charge in [-0.3, -0.25) is 0 Å². The SMILES string of the molecule is CCOC1(CNC)CCCOCC1. The van der Waals surface area contributed by atoms with Gasteiger partial charge < -0.3 is 14.8 Å². The van der Waals surface area contributed by atoms with E-state index < -0.39 is 0 Å². The van der Waals surface area contributed by atoms with Crippen LogP contribution in [0.1, 0.15) is 26.2 Å². The minimum Gasteiger partial charge on any atom is -0.381 e. The van der Waals surface area contributed by atoms with Gasteiger partial charge in [0.05, 0.1) is 5.60 Å². The third-order valence-electron chi connectivity index (χ3n) is 2.57. The van der Waals surface area contributed by atoms with Crippen molar-refractivity contribution in [2.75, 3.05) is 33.4 Å². The normalized spacial score (nSPS) is 30.0. The molecule has 1 rings (SSSR count). The van der Waals surface area contributed by atoms with Gasteiger partial charge in [-0.25, -0.2) is 0 Å². The van der Waals surface area contributed by atoms with Crippen LogP contribution in [0.4, 0.5) is 0 Å². The van der Waals surface area contributed by atoms with Crippen LogP contribution < -0.4 is 5.32 Å². The van der Waals surface area contributed by atoms with Crippen molar-refractivity contribution < 1.29 is 9.47 Å². The number of likely N-dealkylation sites (N-methyl/N-ethyl adjacent to an activating group) is 1. The van der Waals surface area contributed by atoms with E-state index in [0.29, 0.717) is 0 Å².